The Morgan fingerprint density at radius 3 is 1.28 bits per heavy atom. The van der Waals surface area contributed by atoms with Gasteiger partial charge in [-0.2, -0.15) is 10.2 Å². The smallest absolute Gasteiger partial charge is 0.326 e. The topological polar surface area (TPSA) is 220 Å². The number of carbonyl (C=O) groups is 2. The number of hydrogen-bond donors (Lipinski definition) is 4. The van der Waals surface area contributed by atoms with E-state index in [9.17, 15) is 30.0 Å². The molecule has 0 bridgehead atoms. The first-order chi connectivity index (χ1) is 37.4. The Hall–Kier alpha value is -7.84. The third-order valence-corrected chi connectivity index (χ3v) is 14.7. The van der Waals surface area contributed by atoms with E-state index in [1.165, 1.54) is 23.6 Å². The minimum atomic E-state index is -1.58. The number of ether oxygens (including phenoxy) is 4. The van der Waals surface area contributed by atoms with Crippen LogP contribution in [0.4, 0.5) is 0 Å². The molecule has 8 rings (SSSR count). The van der Waals surface area contributed by atoms with Gasteiger partial charge in [0.1, 0.15) is 60.5 Å². The number of rotatable bonds is 25. The average Bonchev–Trinajstić information content (AvgIpc) is 4.20. The number of halogens is 2. The summed E-state index contributed by atoms with van der Waals surface area (Å²) in [5.41, 5.74) is 5.26. The number of likely N-dealkylation sites (N-methyl/N-ethyl adjacent to an activating group) is 2. The summed E-state index contributed by atoms with van der Waals surface area (Å²) in [6, 6.07) is 29.8. The first-order valence-electron chi connectivity index (χ1n) is 24.8. The second kappa shape index (κ2) is 24.7. The van der Waals surface area contributed by atoms with Crippen LogP contribution < -0.4 is 18.9 Å². The van der Waals surface area contributed by atoms with E-state index in [0.717, 1.165) is 44.5 Å². The van der Waals surface area contributed by atoms with Crippen molar-refractivity contribution in [2.45, 2.75) is 78.3 Å². The molecule has 0 unspecified atom stereocenters. The summed E-state index contributed by atoms with van der Waals surface area (Å²) in [4.78, 5) is 36.6. The fourth-order valence-corrected chi connectivity index (χ4v) is 8.91. The Kier molecular flexibility index (Phi) is 17.8. The second-order valence-corrected chi connectivity index (χ2v) is 20.1. The predicted molar refractivity (Wildman–Crippen MR) is 293 cm³/mol. The number of carboxylic acids is 2. The van der Waals surface area contributed by atoms with Gasteiger partial charge in [0.05, 0.1) is 23.3 Å². The zero-order valence-corrected chi connectivity index (χ0v) is 45.4. The maximum atomic E-state index is 12.2. The second-order valence-electron chi connectivity index (χ2n) is 19.3. The maximum absolute atomic E-state index is 12.2. The van der Waals surface area contributed by atoms with Crippen LogP contribution in [0.1, 0.15) is 58.4 Å². The number of nitrogens with zero attached hydrogens (tertiary/aromatic N) is 8. The van der Waals surface area contributed by atoms with Crippen LogP contribution in [0.15, 0.2) is 134 Å². The van der Waals surface area contributed by atoms with Crippen LogP contribution in [-0.2, 0) is 49.1 Å². The van der Waals surface area contributed by atoms with Crippen LogP contribution in [-0.4, -0.2) is 110 Å². The summed E-state index contributed by atoms with van der Waals surface area (Å²) in [5.74, 6) is 0.427. The Bertz CT molecular complexity index is 3140. The van der Waals surface area contributed by atoms with Gasteiger partial charge < -0.3 is 39.4 Å². The Labute approximate surface area is 461 Å². The molecule has 18 nitrogen and oxygen atoms in total. The summed E-state index contributed by atoms with van der Waals surface area (Å²) >= 11 is 13.8. The highest BCUT2D eigenvalue weighted by atomic mass is 35.5. The largest absolute Gasteiger partial charge is 0.488 e. The molecule has 8 aromatic rings. The van der Waals surface area contributed by atoms with E-state index >= 15 is 0 Å². The molecule has 2 atom stereocenters. The zero-order chi connectivity index (χ0) is 55.7. The lowest BCUT2D eigenvalue weighted by molar-refractivity contribution is -0.153. The Morgan fingerprint density at radius 1 is 0.551 bits per heavy atom. The number of hydrogen-bond acceptors (Lipinski definition) is 14. The van der Waals surface area contributed by atoms with Crippen molar-refractivity contribution in [1.29, 1.82) is 0 Å². The molecular weight excluding hydrogens is 1040 g/mol. The number of aliphatic hydroxyl groups is 2. The van der Waals surface area contributed by atoms with Gasteiger partial charge in [0.15, 0.2) is 11.6 Å². The number of aliphatic carboxylic acids is 2. The summed E-state index contributed by atoms with van der Waals surface area (Å²) in [6.45, 7) is 6.42. The number of benzene rings is 4. The van der Waals surface area contributed by atoms with Crippen LogP contribution in [0.2, 0.25) is 10.0 Å². The van der Waals surface area contributed by atoms with E-state index in [-0.39, 0.29) is 49.6 Å². The number of pyridine rings is 2. The Morgan fingerprint density at radius 2 is 0.949 bits per heavy atom. The standard InChI is InChI=1S/C58H60Cl2N8O10/c1-37-41(33-77-51-25-49(43(23-47(51)59)29-65(5)57(3,35-69)55(71)72)75-31-39-15-17-53(61-27-39)67-21-9-19-63-67)11-7-13-45(37)46-14-8-12-42(38(46)2)34-78-52-26-50(44(24-48(52)60)30-66(6)58(4,36-70)56(73)74)76-32-40-16-18-54(62-28-40)68-22-10-20-64-68/h7-28,69-70H,29-36H2,1-6H3,(H,71,72)(H,73,74)/t57-,58-/m0/s1. The zero-order valence-electron chi connectivity index (χ0n) is 43.9. The van der Waals surface area contributed by atoms with E-state index in [2.05, 4.69) is 20.2 Å². The Balaban J connectivity index is 1.00. The van der Waals surface area contributed by atoms with Crippen LogP contribution in [0, 0.1) is 13.8 Å². The fourth-order valence-electron chi connectivity index (χ4n) is 8.43. The summed E-state index contributed by atoms with van der Waals surface area (Å²) in [7, 11) is 3.22. The molecule has 78 heavy (non-hydrogen) atoms. The van der Waals surface area contributed by atoms with E-state index < -0.39 is 36.2 Å². The van der Waals surface area contributed by atoms with Crippen LogP contribution in [0.5, 0.6) is 23.0 Å². The molecule has 0 radical (unpaired) electrons. The predicted octanol–water partition coefficient (Wildman–Crippen LogP) is 9.29. The van der Waals surface area contributed by atoms with Crippen LogP contribution in [0.25, 0.3) is 22.8 Å². The monoisotopic (exact) mass is 1100 g/mol. The average molecular weight is 1100 g/mol. The summed E-state index contributed by atoms with van der Waals surface area (Å²) in [5, 5.41) is 49.2. The molecule has 4 heterocycles. The van der Waals surface area contributed by atoms with E-state index in [0.29, 0.717) is 45.8 Å². The molecule has 406 valence electrons. The van der Waals surface area contributed by atoms with Gasteiger partial charge >= 0.3 is 11.9 Å². The van der Waals surface area contributed by atoms with Crippen LogP contribution in [0.3, 0.4) is 0 Å². The molecule has 0 aliphatic carbocycles. The maximum Gasteiger partial charge on any atom is 0.326 e. The van der Waals surface area contributed by atoms with Crippen molar-refractivity contribution in [3.63, 3.8) is 0 Å². The van der Waals surface area contributed by atoms with Gasteiger partial charge in [-0.3, -0.25) is 19.4 Å². The summed E-state index contributed by atoms with van der Waals surface area (Å²) in [6.07, 6.45) is 10.3. The van der Waals surface area contributed by atoms with E-state index in [1.54, 1.807) is 84.9 Å². The van der Waals surface area contributed by atoms with Gasteiger partial charge in [-0.1, -0.05) is 71.7 Å². The molecule has 4 aromatic carbocycles. The molecule has 4 N–H and O–H groups in total. The SMILES string of the molecule is Cc1c(COc2cc(OCc3ccc(-n4cccn4)nc3)c(CN(C)[C@@](C)(CO)C(=O)O)cc2Cl)cccc1-c1cccc(COc2cc(OCc3ccc(-n4cccn4)nc3)c(CN(C)[C@@](C)(CO)C(=O)O)cc2Cl)c1C. The van der Waals surface area contributed by atoms with Gasteiger partial charge in [0.2, 0.25) is 0 Å². The fraction of sp³-hybridized carbons (Fsp3) is 0.276. The van der Waals surface area contributed by atoms with Gasteiger partial charge in [0.25, 0.3) is 0 Å². The minimum Gasteiger partial charge on any atom is -0.488 e. The summed E-state index contributed by atoms with van der Waals surface area (Å²) < 4.78 is 29.0. The lowest BCUT2D eigenvalue weighted by atomic mass is 9.92. The van der Waals surface area contributed by atoms with Crippen molar-refractivity contribution < 1.29 is 49.0 Å². The molecule has 0 aliphatic rings. The molecule has 0 amide bonds. The third kappa shape index (κ3) is 12.6. The minimum absolute atomic E-state index is 0.0799. The quantitative estimate of drug-likeness (QED) is 0.0419. The molecule has 0 saturated heterocycles. The molecule has 0 fully saturated rings. The number of aromatic nitrogens is 6. The van der Waals surface area contributed by atoms with Crippen molar-refractivity contribution in [2.24, 2.45) is 0 Å². The molecule has 4 aromatic heterocycles. The first kappa shape index (κ1) is 56.4. The first-order valence-corrected chi connectivity index (χ1v) is 25.5. The van der Waals surface area contributed by atoms with Gasteiger partial charge in [-0.15, -0.1) is 0 Å². The molecular formula is C58H60Cl2N8O10. The number of carboxylic acid groups (broad SMARTS) is 2. The number of aliphatic hydroxyl groups excluding tert-OH is 2. The van der Waals surface area contributed by atoms with Crippen molar-refractivity contribution >= 4 is 35.1 Å². The van der Waals surface area contributed by atoms with E-state index in [1.807, 2.05) is 86.6 Å². The van der Waals surface area contributed by atoms with Crippen LogP contribution >= 0.6 is 23.2 Å². The van der Waals surface area contributed by atoms with Gasteiger partial charge in [-0.05, 0) is 112 Å². The lowest BCUT2D eigenvalue weighted by Crippen LogP contribution is -2.52. The van der Waals surface area contributed by atoms with Crippen molar-refractivity contribution in [2.75, 3.05) is 27.3 Å². The van der Waals surface area contributed by atoms with Gasteiger partial charge in [-0.25, -0.2) is 19.3 Å². The van der Waals surface area contributed by atoms with Crippen molar-refractivity contribution in [1.82, 2.24) is 39.3 Å². The highest BCUT2D eigenvalue weighted by Gasteiger charge is 2.38. The highest BCUT2D eigenvalue weighted by molar-refractivity contribution is 6.32. The van der Waals surface area contributed by atoms with Crippen molar-refractivity contribution in [3.05, 3.63) is 189 Å². The molecule has 0 spiro atoms. The van der Waals surface area contributed by atoms with Gasteiger partial charge in [0, 0.05) is 84.7 Å². The normalized spacial score (nSPS) is 13.0. The third-order valence-electron chi connectivity index (χ3n) is 14.1. The van der Waals surface area contributed by atoms with E-state index in [4.69, 9.17) is 42.1 Å². The lowest BCUT2D eigenvalue weighted by Gasteiger charge is -2.33. The molecule has 20 heteroatoms. The molecule has 0 saturated carbocycles. The van der Waals surface area contributed by atoms with Crippen molar-refractivity contribution in [3.8, 4) is 45.8 Å². The molecule has 0 aliphatic heterocycles. The highest BCUT2D eigenvalue weighted by Crippen LogP contribution is 2.39.